The summed E-state index contributed by atoms with van der Waals surface area (Å²) in [4.78, 5) is 4.24. The van der Waals surface area contributed by atoms with Gasteiger partial charge in [-0.3, -0.25) is 0 Å². The minimum Gasteiger partial charge on any atom is -0.449 e. The van der Waals surface area contributed by atoms with E-state index < -0.39 is 0 Å². The van der Waals surface area contributed by atoms with Gasteiger partial charge in [-0.25, -0.2) is 4.98 Å². The molecule has 0 radical (unpaired) electrons. The number of halogens is 1. The third-order valence-corrected chi connectivity index (χ3v) is 3.33. The highest BCUT2D eigenvalue weighted by atomic mass is 35.5. The van der Waals surface area contributed by atoms with Gasteiger partial charge in [0.25, 0.3) is 0 Å². The maximum atomic E-state index is 5.15. The van der Waals surface area contributed by atoms with Gasteiger partial charge >= 0.3 is 0 Å². The first-order valence-electron chi connectivity index (χ1n) is 5.27. The number of aryl methyl sites for hydroxylation is 1. The van der Waals surface area contributed by atoms with Crippen molar-refractivity contribution in [2.75, 3.05) is 7.05 Å². The van der Waals surface area contributed by atoms with Gasteiger partial charge in [0.1, 0.15) is 12.1 Å². The van der Waals surface area contributed by atoms with Crippen molar-refractivity contribution >= 4 is 24.2 Å². The molecule has 0 unspecified atom stereocenters. The van der Waals surface area contributed by atoms with Crippen LogP contribution in [0.25, 0.3) is 0 Å². The van der Waals surface area contributed by atoms with Gasteiger partial charge in [0, 0.05) is 19.7 Å². The third-order valence-electron chi connectivity index (χ3n) is 2.28. The zero-order valence-electron chi connectivity index (χ0n) is 10.5. The Hall–Kier alpha value is -1.05. The average Bonchev–Trinajstić information content (AvgIpc) is 2.86. The smallest absolute Gasteiger partial charge is 0.191 e. The Morgan fingerprint density at radius 2 is 2.22 bits per heavy atom. The van der Waals surface area contributed by atoms with E-state index in [4.69, 9.17) is 4.42 Å². The summed E-state index contributed by atoms with van der Waals surface area (Å²) in [5.41, 5.74) is 0.922. The molecule has 0 amide bonds. The fraction of sp³-hybridized carbons (Fsp3) is 0.500. The van der Waals surface area contributed by atoms with Crippen molar-refractivity contribution in [1.82, 2.24) is 25.1 Å². The van der Waals surface area contributed by atoms with Crippen molar-refractivity contribution in [3.8, 4) is 0 Å². The molecule has 0 aliphatic carbocycles. The molecule has 0 aromatic carbocycles. The van der Waals surface area contributed by atoms with Crippen molar-refractivity contribution in [2.45, 2.75) is 24.4 Å². The van der Waals surface area contributed by atoms with Gasteiger partial charge in [0.15, 0.2) is 11.0 Å². The van der Waals surface area contributed by atoms with Crippen LogP contribution < -0.4 is 5.32 Å². The number of nitrogens with one attached hydrogen (secondary N) is 1. The fourth-order valence-electron chi connectivity index (χ4n) is 1.40. The van der Waals surface area contributed by atoms with E-state index in [1.54, 1.807) is 18.0 Å². The van der Waals surface area contributed by atoms with Gasteiger partial charge in [-0.15, -0.1) is 22.6 Å². The summed E-state index contributed by atoms with van der Waals surface area (Å²) in [5.74, 6) is 2.35. The second kappa shape index (κ2) is 6.77. The molecule has 2 aromatic heterocycles. The first kappa shape index (κ1) is 15.0. The Balaban J connectivity index is 0.00000162. The van der Waals surface area contributed by atoms with Gasteiger partial charge in [-0.2, -0.15) is 0 Å². The normalized spacial score (nSPS) is 10.4. The molecule has 0 saturated carbocycles. The number of nitrogens with zero attached hydrogens (tertiary/aromatic N) is 4. The quantitative estimate of drug-likeness (QED) is 0.842. The minimum absolute atomic E-state index is 0. The summed E-state index contributed by atoms with van der Waals surface area (Å²) in [6.45, 7) is 2.55. The van der Waals surface area contributed by atoms with E-state index in [9.17, 15) is 0 Å². The molecular weight excluding hydrogens is 274 g/mol. The highest BCUT2D eigenvalue weighted by Gasteiger charge is 2.09. The summed E-state index contributed by atoms with van der Waals surface area (Å²) in [5, 5.41) is 12.2. The lowest BCUT2D eigenvalue weighted by molar-refractivity contribution is 0.521. The van der Waals surface area contributed by atoms with Gasteiger partial charge in [0.05, 0.1) is 12.2 Å². The molecule has 0 fully saturated rings. The molecule has 0 bridgehead atoms. The van der Waals surface area contributed by atoms with Crippen LogP contribution in [-0.2, 0) is 19.3 Å². The molecule has 2 aromatic rings. The Morgan fingerprint density at radius 3 is 2.83 bits per heavy atom. The van der Waals surface area contributed by atoms with Crippen molar-refractivity contribution in [3.63, 3.8) is 0 Å². The molecule has 2 heterocycles. The maximum Gasteiger partial charge on any atom is 0.191 e. The average molecular weight is 290 g/mol. The SMILES string of the molecule is CNCc1nnc(SCc2coc(C)n2)n1C.Cl. The monoisotopic (exact) mass is 289 g/mol. The van der Waals surface area contributed by atoms with Crippen molar-refractivity contribution in [2.24, 2.45) is 7.05 Å². The lowest BCUT2D eigenvalue weighted by Crippen LogP contribution is -2.10. The van der Waals surface area contributed by atoms with E-state index in [1.165, 1.54) is 0 Å². The summed E-state index contributed by atoms with van der Waals surface area (Å²) in [6.07, 6.45) is 1.67. The molecule has 18 heavy (non-hydrogen) atoms. The van der Waals surface area contributed by atoms with E-state index in [2.05, 4.69) is 20.5 Å². The molecule has 8 heteroatoms. The molecule has 0 aliphatic rings. The predicted octanol–water partition coefficient (Wildman–Crippen LogP) is 1.55. The Bertz CT molecular complexity index is 498. The van der Waals surface area contributed by atoms with Crippen molar-refractivity contribution < 1.29 is 4.42 Å². The summed E-state index contributed by atoms with van der Waals surface area (Å²) >= 11 is 1.60. The van der Waals surface area contributed by atoms with Crippen LogP contribution in [0.3, 0.4) is 0 Å². The molecule has 1 N–H and O–H groups in total. The highest BCUT2D eigenvalue weighted by Crippen LogP contribution is 2.20. The van der Waals surface area contributed by atoms with Gasteiger partial charge < -0.3 is 14.3 Å². The first-order chi connectivity index (χ1) is 8.20. The van der Waals surface area contributed by atoms with Gasteiger partial charge in [0.2, 0.25) is 0 Å². The molecule has 2 rings (SSSR count). The van der Waals surface area contributed by atoms with Crippen LogP contribution in [0.5, 0.6) is 0 Å². The molecule has 0 aliphatic heterocycles. The molecule has 100 valence electrons. The topological polar surface area (TPSA) is 68.8 Å². The standard InChI is InChI=1S/C10H15N5OS.ClH/c1-7-12-8(5-16-7)6-17-10-14-13-9(4-11-2)15(10)3;/h5,11H,4,6H2,1-3H3;1H. The Kier molecular flexibility index (Phi) is 5.64. The molecule has 0 atom stereocenters. The van der Waals surface area contributed by atoms with Crippen LogP contribution in [0, 0.1) is 6.92 Å². The number of thioether (sulfide) groups is 1. The zero-order valence-corrected chi connectivity index (χ0v) is 12.1. The maximum absolute atomic E-state index is 5.15. The molecule has 0 spiro atoms. The van der Waals surface area contributed by atoms with E-state index in [0.29, 0.717) is 12.4 Å². The van der Waals surface area contributed by atoms with E-state index in [0.717, 1.165) is 22.4 Å². The van der Waals surface area contributed by atoms with Crippen LogP contribution in [0.4, 0.5) is 0 Å². The van der Waals surface area contributed by atoms with E-state index in [-0.39, 0.29) is 12.4 Å². The van der Waals surface area contributed by atoms with E-state index >= 15 is 0 Å². The zero-order chi connectivity index (χ0) is 12.3. The van der Waals surface area contributed by atoms with Crippen LogP contribution in [-0.4, -0.2) is 26.8 Å². The number of rotatable bonds is 5. The van der Waals surface area contributed by atoms with Crippen LogP contribution in [0.1, 0.15) is 17.4 Å². The van der Waals surface area contributed by atoms with Gasteiger partial charge in [-0.05, 0) is 7.05 Å². The largest absolute Gasteiger partial charge is 0.449 e. The van der Waals surface area contributed by atoms with Gasteiger partial charge in [-0.1, -0.05) is 11.8 Å². The molecular formula is C10H16ClN5OS. The number of oxazole rings is 1. The Labute approximate surface area is 116 Å². The summed E-state index contributed by atoms with van der Waals surface area (Å²) < 4.78 is 7.13. The number of hydrogen-bond acceptors (Lipinski definition) is 6. The Morgan fingerprint density at radius 1 is 1.44 bits per heavy atom. The summed E-state index contributed by atoms with van der Waals surface area (Å²) in [6, 6.07) is 0. The lowest BCUT2D eigenvalue weighted by atomic mass is 10.6. The highest BCUT2D eigenvalue weighted by molar-refractivity contribution is 7.98. The number of hydrogen-bond donors (Lipinski definition) is 1. The predicted molar refractivity (Wildman–Crippen MR) is 71.8 cm³/mol. The van der Waals surface area contributed by atoms with Crippen LogP contribution in [0.2, 0.25) is 0 Å². The summed E-state index contributed by atoms with van der Waals surface area (Å²) in [7, 11) is 3.85. The molecule has 6 nitrogen and oxygen atoms in total. The fourth-order valence-corrected chi connectivity index (χ4v) is 2.20. The lowest BCUT2D eigenvalue weighted by Gasteiger charge is -2.01. The third kappa shape index (κ3) is 3.47. The van der Waals surface area contributed by atoms with E-state index in [1.807, 2.05) is 25.6 Å². The second-order valence-corrected chi connectivity index (χ2v) is 4.58. The van der Waals surface area contributed by atoms with Crippen LogP contribution in [0.15, 0.2) is 15.8 Å². The minimum atomic E-state index is 0. The number of aromatic nitrogens is 4. The van der Waals surface area contributed by atoms with Crippen molar-refractivity contribution in [3.05, 3.63) is 23.7 Å². The second-order valence-electron chi connectivity index (χ2n) is 3.63. The van der Waals surface area contributed by atoms with Crippen molar-refractivity contribution in [1.29, 1.82) is 0 Å². The first-order valence-corrected chi connectivity index (χ1v) is 6.26. The molecule has 0 saturated heterocycles. The van der Waals surface area contributed by atoms with Crippen LogP contribution >= 0.6 is 24.2 Å².